The van der Waals surface area contributed by atoms with Crippen LogP contribution < -0.4 is 10.2 Å². The molecule has 0 spiro atoms. The molecule has 2 rings (SSSR count). The minimum absolute atomic E-state index is 0.500. The molecule has 0 saturated carbocycles. The average Bonchev–Trinajstić information content (AvgIpc) is 2.65. The number of benzene rings is 1. The molecule has 0 aromatic heterocycles. The van der Waals surface area contributed by atoms with Crippen molar-refractivity contribution in [2.75, 3.05) is 38.3 Å². The smallest absolute Gasteiger partial charge is 0.0637 e. The van der Waals surface area contributed by atoms with E-state index in [1.54, 1.807) is 7.11 Å². The quantitative estimate of drug-likeness (QED) is 0.789. The molecule has 118 valence electrons. The summed E-state index contributed by atoms with van der Waals surface area (Å²) >= 11 is 0. The number of nitrogens with zero attached hydrogens (tertiary/aromatic N) is 1. The maximum Gasteiger partial charge on any atom is 0.0637 e. The molecule has 1 atom stereocenters. The van der Waals surface area contributed by atoms with Crippen LogP contribution >= 0.6 is 0 Å². The molecule has 1 saturated heterocycles. The lowest BCUT2D eigenvalue weighted by atomic mass is 9.98. The Bertz CT molecular complexity index is 417. The fraction of sp³-hybridized carbons (Fsp3) is 0.647. The standard InChI is InChI=1S/C17H28N2O2/c1-17(20)8-3-11-19(12-9-17)16-6-4-15(5-7-16)14-18-10-13-21-2/h4-7,18,20H,3,8-14H2,1-2H3. The molecular weight excluding hydrogens is 264 g/mol. The number of methoxy groups -OCH3 is 1. The third-order valence-corrected chi connectivity index (χ3v) is 4.18. The third-order valence-electron chi connectivity index (χ3n) is 4.18. The van der Waals surface area contributed by atoms with Gasteiger partial charge in [-0.25, -0.2) is 0 Å². The number of ether oxygens (including phenoxy) is 1. The molecule has 0 radical (unpaired) electrons. The minimum atomic E-state index is -0.500. The number of hydrogen-bond acceptors (Lipinski definition) is 4. The number of rotatable bonds is 6. The zero-order valence-electron chi connectivity index (χ0n) is 13.3. The van der Waals surface area contributed by atoms with Gasteiger partial charge in [0.15, 0.2) is 0 Å². The highest BCUT2D eigenvalue weighted by Gasteiger charge is 2.24. The molecule has 1 unspecified atom stereocenters. The van der Waals surface area contributed by atoms with Gasteiger partial charge in [-0.3, -0.25) is 0 Å². The molecule has 1 aliphatic rings. The zero-order valence-corrected chi connectivity index (χ0v) is 13.3. The van der Waals surface area contributed by atoms with Crippen molar-refractivity contribution in [1.82, 2.24) is 5.32 Å². The lowest BCUT2D eigenvalue weighted by Crippen LogP contribution is -2.28. The van der Waals surface area contributed by atoms with E-state index < -0.39 is 5.60 Å². The van der Waals surface area contributed by atoms with Gasteiger partial charge < -0.3 is 20.1 Å². The van der Waals surface area contributed by atoms with Crippen LogP contribution in [0.25, 0.3) is 0 Å². The molecule has 1 heterocycles. The van der Waals surface area contributed by atoms with Crippen molar-refractivity contribution in [3.8, 4) is 0 Å². The second-order valence-electron chi connectivity index (χ2n) is 6.17. The van der Waals surface area contributed by atoms with E-state index in [4.69, 9.17) is 4.74 Å². The Balaban J connectivity index is 1.86. The van der Waals surface area contributed by atoms with Gasteiger partial charge in [-0.05, 0) is 43.9 Å². The van der Waals surface area contributed by atoms with Crippen molar-refractivity contribution in [1.29, 1.82) is 0 Å². The van der Waals surface area contributed by atoms with Gasteiger partial charge >= 0.3 is 0 Å². The van der Waals surface area contributed by atoms with Crippen LogP contribution in [0.2, 0.25) is 0 Å². The lowest BCUT2D eigenvalue weighted by Gasteiger charge is -2.24. The van der Waals surface area contributed by atoms with Crippen LogP contribution in [0.15, 0.2) is 24.3 Å². The van der Waals surface area contributed by atoms with Gasteiger partial charge in [-0.1, -0.05) is 12.1 Å². The summed E-state index contributed by atoms with van der Waals surface area (Å²) in [6.45, 7) is 6.40. The van der Waals surface area contributed by atoms with E-state index in [0.29, 0.717) is 0 Å². The van der Waals surface area contributed by atoms with Gasteiger partial charge in [-0.15, -0.1) is 0 Å². The Hall–Kier alpha value is -1.10. The summed E-state index contributed by atoms with van der Waals surface area (Å²) in [5, 5.41) is 13.5. The van der Waals surface area contributed by atoms with Gasteiger partial charge in [0.1, 0.15) is 0 Å². The highest BCUT2D eigenvalue weighted by Crippen LogP contribution is 2.25. The number of aliphatic hydroxyl groups is 1. The Labute approximate surface area is 128 Å². The van der Waals surface area contributed by atoms with E-state index in [1.807, 2.05) is 6.92 Å². The van der Waals surface area contributed by atoms with Crippen molar-refractivity contribution in [3.63, 3.8) is 0 Å². The van der Waals surface area contributed by atoms with E-state index in [2.05, 4.69) is 34.5 Å². The first-order valence-corrected chi connectivity index (χ1v) is 7.87. The average molecular weight is 292 g/mol. The summed E-state index contributed by atoms with van der Waals surface area (Å²) < 4.78 is 5.02. The first-order valence-electron chi connectivity index (χ1n) is 7.87. The first kappa shape index (κ1) is 16.3. The Morgan fingerprint density at radius 1 is 1.24 bits per heavy atom. The van der Waals surface area contributed by atoms with E-state index in [0.717, 1.165) is 52.0 Å². The molecule has 1 aliphatic heterocycles. The predicted molar refractivity (Wildman–Crippen MR) is 86.7 cm³/mol. The molecule has 4 heteroatoms. The van der Waals surface area contributed by atoms with Gasteiger partial charge in [0.05, 0.1) is 12.2 Å². The minimum Gasteiger partial charge on any atom is -0.390 e. The summed E-state index contributed by atoms with van der Waals surface area (Å²) in [4.78, 5) is 2.38. The number of nitrogens with one attached hydrogen (secondary N) is 1. The molecule has 1 fully saturated rings. The SMILES string of the molecule is COCCNCc1ccc(N2CCCC(C)(O)CC2)cc1. The molecule has 0 aliphatic carbocycles. The van der Waals surface area contributed by atoms with Crippen molar-refractivity contribution in [2.24, 2.45) is 0 Å². The number of hydrogen-bond donors (Lipinski definition) is 2. The monoisotopic (exact) mass is 292 g/mol. The molecule has 0 bridgehead atoms. The Kier molecular flexibility index (Phi) is 6.03. The van der Waals surface area contributed by atoms with E-state index >= 15 is 0 Å². The topological polar surface area (TPSA) is 44.7 Å². The first-order chi connectivity index (χ1) is 10.1. The van der Waals surface area contributed by atoms with Gasteiger partial charge in [0, 0.05) is 39.0 Å². The Morgan fingerprint density at radius 3 is 2.71 bits per heavy atom. The van der Waals surface area contributed by atoms with Crippen LogP contribution in [0, 0.1) is 0 Å². The van der Waals surface area contributed by atoms with Crippen LogP contribution in [-0.2, 0) is 11.3 Å². The summed E-state index contributed by atoms with van der Waals surface area (Å²) in [5.41, 5.74) is 2.05. The van der Waals surface area contributed by atoms with E-state index in [9.17, 15) is 5.11 Å². The highest BCUT2D eigenvalue weighted by atomic mass is 16.5. The predicted octanol–water partition coefficient (Wildman–Crippen LogP) is 2.16. The van der Waals surface area contributed by atoms with Gasteiger partial charge in [0.25, 0.3) is 0 Å². The summed E-state index contributed by atoms with van der Waals surface area (Å²) in [6, 6.07) is 8.73. The summed E-state index contributed by atoms with van der Waals surface area (Å²) in [6.07, 6.45) is 2.78. The second kappa shape index (κ2) is 7.78. The summed E-state index contributed by atoms with van der Waals surface area (Å²) in [5.74, 6) is 0. The molecule has 2 N–H and O–H groups in total. The fourth-order valence-electron chi connectivity index (χ4n) is 2.75. The maximum absolute atomic E-state index is 10.2. The third kappa shape index (κ3) is 5.30. The van der Waals surface area contributed by atoms with Crippen LogP contribution in [-0.4, -0.2) is 44.1 Å². The van der Waals surface area contributed by atoms with Crippen LogP contribution in [0.5, 0.6) is 0 Å². The summed E-state index contributed by atoms with van der Waals surface area (Å²) in [7, 11) is 1.72. The molecule has 21 heavy (non-hydrogen) atoms. The van der Waals surface area contributed by atoms with Crippen LogP contribution in [0.4, 0.5) is 5.69 Å². The largest absolute Gasteiger partial charge is 0.390 e. The normalized spacial score (nSPS) is 23.1. The van der Waals surface area contributed by atoms with Gasteiger partial charge in [0.2, 0.25) is 0 Å². The fourth-order valence-corrected chi connectivity index (χ4v) is 2.75. The molecular formula is C17H28N2O2. The van der Waals surface area contributed by atoms with E-state index in [-0.39, 0.29) is 0 Å². The van der Waals surface area contributed by atoms with Gasteiger partial charge in [-0.2, -0.15) is 0 Å². The van der Waals surface area contributed by atoms with Crippen molar-refractivity contribution in [3.05, 3.63) is 29.8 Å². The van der Waals surface area contributed by atoms with Crippen LogP contribution in [0.3, 0.4) is 0 Å². The highest BCUT2D eigenvalue weighted by molar-refractivity contribution is 5.47. The lowest BCUT2D eigenvalue weighted by molar-refractivity contribution is 0.0481. The van der Waals surface area contributed by atoms with E-state index in [1.165, 1.54) is 11.3 Å². The zero-order chi connectivity index (χ0) is 15.1. The molecule has 1 aromatic carbocycles. The molecule has 0 amide bonds. The van der Waals surface area contributed by atoms with Crippen molar-refractivity contribution in [2.45, 2.75) is 38.3 Å². The Morgan fingerprint density at radius 2 is 2.00 bits per heavy atom. The second-order valence-corrected chi connectivity index (χ2v) is 6.17. The van der Waals surface area contributed by atoms with Crippen molar-refractivity contribution >= 4 is 5.69 Å². The number of anilines is 1. The van der Waals surface area contributed by atoms with Crippen molar-refractivity contribution < 1.29 is 9.84 Å². The molecule has 4 nitrogen and oxygen atoms in total. The molecule has 1 aromatic rings. The maximum atomic E-state index is 10.2. The van der Waals surface area contributed by atoms with Crippen LogP contribution in [0.1, 0.15) is 31.7 Å².